The lowest BCUT2D eigenvalue weighted by Gasteiger charge is -2.48. The van der Waals surface area contributed by atoms with Crippen molar-refractivity contribution in [3.63, 3.8) is 0 Å². The summed E-state index contributed by atoms with van der Waals surface area (Å²) in [6.07, 6.45) is 7.14. The Balaban J connectivity index is 1.89. The van der Waals surface area contributed by atoms with E-state index in [1.807, 2.05) is 14.1 Å². The number of likely N-dealkylation sites (tertiary alicyclic amines) is 1. The van der Waals surface area contributed by atoms with Crippen molar-refractivity contribution in [3.8, 4) is 0 Å². The molecule has 1 aliphatic heterocycles. The van der Waals surface area contributed by atoms with Crippen molar-refractivity contribution >= 4 is 5.96 Å². The Morgan fingerprint density at radius 3 is 2.21 bits per heavy atom. The van der Waals surface area contributed by atoms with E-state index in [2.05, 4.69) is 15.2 Å². The fraction of sp³-hybridized carbons (Fsp3) is 0.909. The summed E-state index contributed by atoms with van der Waals surface area (Å²) in [6, 6.07) is 0. The first-order valence-electron chi connectivity index (χ1n) is 5.69. The highest BCUT2D eigenvalue weighted by atomic mass is 15.3. The second-order valence-corrected chi connectivity index (χ2v) is 4.64. The van der Waals surface area contributed by atoms with E-state index in [1.165, 1.54) is 45.2 Å². The first-order chi connectivity index (χ1) is 6.79. The second-order valence-electron chi connectivity index (χ2n) is 4.64. The lowest BCUT2D eigenvalue weighted by Crippen LogP contribution is -2.49. The van der Waals surface area contributed by atoms with Gasteiger partial charge in [0, 0.05) is 27.2 Å². The first-order valence-corrected chi connectivity index (χ1v) is 5.69. The molecule has 0 atom stereocenters. The molecule has 3 nitrogen and oxygen atoms in total. The second kappa shape index (κ2) is 3.79. The largest absolute Gasteiger partial charge is 0.359 e. The number of hydrogen-bond acceptors (Lipinski definition) is 1. The van der Waals surface area contributed by atoms with Crippen LogP contribution < -0.4 is 5.32 Å². The maximum atomic E-state index is 4.25. The molecule has 0 aromatic carbocycles. The number of aliphatic imine (C=N–C) groups is 1. The van der Waals surface area contributed by atoms with Gasteiger partial charge in [-0.25, -0.2) is 0 Å². The minimum Gasteiger partial charge on any atom is -0.359 e. The Hall–Kier alpha value is -0.730. The molecule has 0 bridgehead atoms. The van der Waals surface area contributed by atoms with Crippen LogP contribution >= 0.6 is 0 Å². The Kier molecular flexibility index (Phi) is 2.66. The summed E-state index contributed by atoms with van der Waals surface area (Å²) in [5.74, 6) is 1.05. The molecule has 2 rings (SSSR count). The Bertz CT molecular complexity index is 221. The summed E-state index contributed by atoms with van der Waals surface area (Å²) < 4.78 is 0. The fourth-order valence-corrected chi connectivity index (χ4v) is 2.78. The number of guanidine groups is 1. The number of hydrogen-bond donors (Lipinski definition) is 1. The third kappa shape index (κ3) is 1.60. The maximum absolute atomic E-state index is 4.25. The minimum atomic E-state index is 0.739. The van der Waals surface area contributed by atoms with Crippen LogP contribution in [0.1, 0.15) is 32.1 Å². The predicted octanol–water partition coefficient (Wildman–Crippen LogP) is 1.46. The number of nitrogens with one attached hydrogen (secondary N) is 1. The van der Waals surface area contributed by atoms with Crippen LogP contribution in [0.2, 0.25) is 0 Å². The average molecular weight is 195 g/mol. The zero-order valence-corrected chi connectivity index (χ0v) is 9.34. The standard InChI is InChI=1S/C11H21N3/c1-12-10(13-2)14-8-6-11(7-9-14)4-3-5-11/h3-9H2,1-2H3,(H,12,13). The monoisotopic (exact) mass is 195 g/mol. The van der Waals surface area contributed by atoms with Crippen LogP contribution in [0.4, 0.5) is 0 Å². The van der Waals surface area contributed by atoms with Gasteiger partial charge in [0.25, 0.3) is 0 Å². The van der Waals surface area contributed by atoms with E-state index in [0.717, 1.165) is 11.4 Å². The van der Waals surface area contributed by atoms with Gasteiger partial charge in [0.2, 0.25) is 0 Å². The molecule has 1 saturated carbocycles. The average Bonchev–Trinajstić information content (AvgIpc) is 2.18. The minimum absolute atomic E-state index is 0.739. The highest BCUT2D eigenvalue weighted by molar-refractivity contribution is 5.79. The van der Waals surface area contributed by atoms with Crippen LogP contribution in [0.25, 0.3) is 0 Å². The van der Waals surface area contributed by atoms with Gasteiger partial charge in [-0.3, -0.25) is 4.99 Å². The Labute approximate surface area is 86.6 Å². The van der Waals surface area contributed by atoms with E-state index in [9.17, 15) is 0 Å². The Morgan fingerprint density at radius 1 is 1.21 bits per heavy atom. The van der Waals surface area contributed by atoms with Crippen LogP contribution in [0.5, 0.6) is 0 Å². The van der Waals surface area contributed by atoms with E-state index < -0.39 is 0 Å². The highest BCUT2D eigenvalue weighted by Crippen LogP contribution is 2.48. The zero-order valence-electron chi connectivity index (χ0n) is 9.34. The molecule has 2 aliphatic rings. The molecule has 14 heavy (non-hydrogen) atoms. The van der Waals surface area contributed by atoms with Crippen LogP contribution in [-0.2, 0) is 0 Å². The van der Waals surface area contributed by atoms with Gasteiger partial charge in [-0.05, 0) is 31.1 Å². The van der Waals surface area contributed by atoms with Gasteiger partial charge in [0.05, 0.1) is 0 Å². The molecule has 1 heterocycles. The van der Waals surface area contributed by atoms with Crippen molar-refractivity contribution < 1.29 is 0 Å². The molecular weight excluding hydrogens is 174 g/mol. The quantitative estimate of drug-likeness (QED) is 0.468. The Morgan fingerprint density at radius 2 is 1.86 bits per heavy atom. The molecule has 0 radical (unpaired) electrons. The van der Waals surface area contributed by atoms with Gasteiger partial charge < -0.3 is 10.2 Å². The van der Waals surface area contributed by atoms with E-state index in [1.54, 1.807) is 0 Å². The van der Waals surface area contributed by atoms with E-state index in [4.69, 9.17) is 0 Å². The topological polar surface area (TPSA) is 27.6 Å². The molecule has 3 heteroatoms. The van der Waals surface area contributed by atoms with Crippen molar-refractivity contribution in [2.75, 3.05) is 27.2 Å². The summed E-state index contributed by atoms with van der Waals surface area (Å²) >= 11 is 0. The molecule has 1 saturated heterocycles. The summed E-state index contributed by atoms with van der Waals surface area (Å²) in [5, 5.41) is 3.16. The van der Waals surface area contributed by atoms with Gasteiger partial charge in [-0.1, -0.05) is 6.42 Å². The molecule has 1 N–H and O–H groups in total. The van der Waals surface area contributed by atoms with Gasteiger partial charge in [-0.15, -0.1) is 0 Å². The molecule has 0 aromatic rings. The van der Waals surface area contributed by atoms with Crippen LogP contribution in [0.15, 0.2) is 4.99 Å². The predicted molar refractivity (Wildman–Crippen MR) is 59.5 cm³/mol. The molecule has 1 aliphatic carbocycles. The van der Waals surface area contributed by atoms with Crippen molar-refractivity contribution in [2.45, 2.75) is 32.1 Å². The number of rotatable bonds is 0. The summed E-state index contributed by atoms with van der Waals surface area (Å²) in [7, 11) is 3.82. The molecular formula is C11H21N3. The molecule has 0 unspecified atom stereocenters. The first kappa shape index (κ1) is 9.81. The van der Waals surface area contributed by atoms with E-state index >= 15 is 0 Å². The number of nitrogens with zero attached hydrogens (tertiary/aromatic N) is 2. The van der Waals surface area contributed by atoms with Crippen molar-refractivity contribution in [1.82, 2.24) is 10.2 Å². The fourth-order valence-electron chi connectivity index (χ4n) is 2.78. The van der Waals surface area contributed by atoms with Crippen LogP contribution in [0.3, 0.4) is 0 Å². The van der Waals surface area contributed by atoms with Crippen molar-refractivity contribution in [2.24, 2.45) is 10.4 Å². The summed E-state index contributed by atoms with van der Waals surface area (Å²) in [5.41, 5.74) is 0.739. The van der Waals surface area contributed by atoms with Gasteiger partial charge in [0.1, 0.15) is 0 Å². The van der Waals surface area contributed by atoms with Crippen molar-refractivity contribution in [3.05, 3.63) is 0 Å². The van der Waals surface area contributed by atoms with E-state index in [0.29, 0.717) is 0 Å². The maximum Gasteiger partial charge on any atom is 0.193 e. The molecule has 1 spiro atoms. The third-order valence-electron chi connectivity index (χ3n) is 3.97. The number of piperidine rings is 1. The van der Waals surface area contributed by atoms with E-state index in [-0.39, 0.29) is 0 Å². The van der Waals surface area contributed by atoms with Crippen LogP contribution in [-0.4, -0.2) is 38.0 Å². The molecule has 2 fully saturated rings. The van der Waals surface area contributed by atoms with Gasteiger partial charge in [-0.2, -0.15) is 0 Å². The smallest absolute Gasteiger partial charge is 0.193 e. The van der Waals surface area contributed by atoms with Gasteiger partial charge >= 0.3 is 0 Å². The highest BCUT2D eigenvalue weighted by Gasteiger charge is 2.39. The lowest BCUT2D eigenvalue weighted by atomic mass is 9.63. The van der Waals surface area contributed by atoms with Gasteiger partial charge in [0.15, 0.2) is 5.96 Å². The SMILES string of the molecule is CN=C(NC)N1CCC2(CCC2)CC1. The zero-order chi connectivity index (χ0) is 10.0. The third-order valence-corrected chi connectivity index (χ3v) is 3.97. The summed E-state index contributed by atoms with van der Waals surface area (Å²) in [4.78, 5) is 6.63. The normalized spacial score (nSPS) is 26.1. The molecule has 0 aromatic heterocycles. The molecule has 80 valence electrons. The lowest BCUT2D eigenvalue weighted by molar-refractivity contribution is 0.0560. The van der Waals surface area contributed by atoms with Crippen molar-refractivity contribution in [1.29, 1.82) is 0 Å². The van der Waals surface area contributed by atoms with Crippen LogP contribution in [0, 0.1) is 5.41 Å². The molecule has 0 amide bonds. The summed E-state index contributed by atoms with van der Waals surface area (Å²) in [6.45, 7) is 2.38.